The first-order valence-electron chi connectivity index (χ1n) is 7.28. The van der Waals surface area contributed by atoms with Crippen LogP contribution in [0.4, 0.5) is 5.69 Å². The highest BCUT2D eigenvalue weighted by molar-refractivity contribution is 5.78. The molecule has 1 aliphatic heterocycles. The highest BCUT2D eigenvalue weighted by Crippen LogP contribution is 2.16. The number of nitrogens with two attached hydrogens (primary N) is 1. The van der Waals surface area contributed by atoms with Gasteiger partial charge in [0.05, 0.1) is 11.0 Å². The highest BCUT2D eigenvalue weighted by Gasteiger charge is 2.21. The number of piperazine rings is 1. The van der Waals surface area contributed by atoms with Gasteiger partial charge in [0.15, 0.2) is 0 Å². The lowest BCUT2D eigenvalue weighted by atomic mass is 10.2. The van der Waals surface area contributed by atoms with E-state index < -0.39 is 0 Å². The predicted molar refractivity (Wildman–Crippen MR) is 82.7 cm³/mol. The molecule has 1 atom stereocenters. The number of nitrogens with zero attached hydrogens (tertiary/aromatic N) is 3. The number of aromatic nitrogens is 2. The molecular formula is C15H23N5. The van der Waals surface area contributed by atoms with Crippen molar-refractivity contribution < 1.29 is 0 Å². The van der Waals surface area contributed by atoms with Crippen LogP contribution in [-0.4, -0.2) is 59.0 Å². The van der Waals surface area contributed by atoms with Gasteiger partial charge in [-0.15, -0.1) is 0 Å². The van der Waals surface area contributed by atoms with E-state index in [1.807, 2.05) is 18.2 Å². The minimum atomic E-state index is 0.619. The molecule has 108 valence electrons. The Bertz CT molecular complexity index is 591. The smallest absolute Gasteiger partial charge is 0.108 e. The van der Waals surface area contributed by atoms with Crippen LogP contribution in [-0.2, 0) is 6.42 Å². The molecule has 1 aliphatic rings. The molecule has 1 saturated heterocycles. The Morgan fingerprint density at radius 3 is 3.05 bits per heavy atom. The van der Waals surface area contributed by atoms with Crippen LogP contribution in [0.5, 0.6) is 0 Å². The molecule has 1 aromatic carbocycles. The third-order valence-corrected chi connectivity index (χ3v) is 4.16. The van der Waals surface area contributed by atoms with E-state index in [1.54, 1.807) is 0 Å². The molecule has 0 bridgehead atoms. The van der Waals surface area contributed by atoms with Crippen molar-refractivity contribution in [3.8, 4) is 0 Å². The Balaban J connectivity index is 1.65. The van der Waals surface area contributed by atoms with Crippen LogP contribution in [0.2, 0.25) is 0 Å². The molecule has 2 heterocycles. The number of likely N-dealkylation sites (N-methyl/N-ethyl adjacent to an activating group) is 1. The van der Waals surface area contributed by atoms with Crippen molar-refractivity contribution in [1.29, 1.82) is 0 Å². The number of rotatable bonds is 3. The van der Waals surface area contributed by atoms with Gasteiger partial charge in [-0.1, -0.05) is 0 Å². The number of hydrogen-bond acceptors (Lipinski definition) is 4. The summed E-state index contributed by atoms with van der Waals surface area (Å²) in [6, 6.07) is 6.44. The van der Waals surface area contributed by atoms with E-state index in [0.717, 1.165) is 55.1 Å². The number of imidazole rings is 1. The molecule has 0 saturated carbocycles. The topological polar surface area (TPSA) is 61.2 Å². The largest absolute Gasteiger partial charge is 0.399 e. The molecule has 0 amide bonds. The summed E-state index contributed by atoms with van der Waals surface area (Å²) < 4.78 is 0. The fraction of sp³-hybridized carbons (Fsp3) is 0.533. The molecular weight excluding hydrogens is 250 g/mol. The first-order chi connectivity index (χ1) is 9.61. The van der Waals surface area contributed by atoms with Crippen molar-refractivity contribution in [2.75, 3.05) is 39.0 Å². The number of nitrogen functional groups attached to an aromatic ring is 1. The van der Waals surface area contributed by atoms with E-state index in [9.17, 15) is 0 Å². The molecule has 5 nitrogen and oxygen atoms in total. The summed E-state index contributed by atoms with van der Waals surface area (Å²) in [7, 11) is 2.19. The summed E-state index contributed by atoms with van der Waals surface area (Å²) in [6.45, 7) is 6.81. The molecule has 0 spiro atoms. The molecule has 0 aliphatic carbocycles. The van der Waals surface area contributed by atoms with Gasteiger partial charge in [0.2, 0.25) is 0 Å². The predicted octanol–water partition coefficient (Wildman–Crippen LogP) is 1.32. The number of H-pyrrole nitrogens is 1. The second-order valence-corrected chi connectivity index (χ2v) is 5.86. The molecule has 0 radical (unpaired) electrons. The van der Waals surface area contributed by atoms with Crippen molar-refractivity contribution in [1.82, 2.24) is 19.8 Å². The fourth-order valence-electron chi connectivity index (χ4n) is 2.96. The summed E-state index contributed by atoms with van der Waals surface area (Å²) >= 11 is 0. The van der Waals surface area contributed by atoms with Crippen molar-refractivity contribution in [3.05, 3.63) is 24.0 Å². The van der Waals surface area contributed by atoms with Crippen molar-refractivity contribution in [3.63, 3.8) is 0 Å². The Labute approximate surface area is 119 Å². The zero-order valence-corrected chi connectivity index (χ0v) is 12.3. The van der Waals surface area contributed by atoms with Gasteiger partial charge >= 0.3 is 0 Å². The van der Waals surface area contributed by atoms with Crippen LogP contribution in [0, 0.1) is 0 Å². The van der Waals surface area contributed by atoms with Crippen LogP contribution in [0.25, 0.3) is 11.0 Å². The molecule has 1 unspecified atom stereocenters. The lowest BCUT2D eigenvalue weighted by Crippen LogP contribution is -2.50. The summed E-state index contributed by atoms with van der Waals surface area (Å²) in [5, 5.41) is 0. The number of anilines is 1. The number of fused-ring (bicyclic) bond motifs is 1. The number of nitrogens with one attached hydrogen (secondary N) is 1. The third-order valence-electron chi connectivity index (χ3n) is 4.16. The van der Waals surface area contributed by atoms with E-state index in [4.69, 9.17) is 5.73 Å². The third kappa shape index (κ3) is 2.78. The van der Waals surface area contributed by atoms with Crippen LogP contribution < -0.4 is 5.73 Å². The highest BCUT2D eigenvalue weighted by atomic mass is 15.3. The molecule has 20 heavy (non-hydrogen) atoms. The monoisotopic (exact) mass is 273 g/mol. The van der Waals surface area contributed by atoms with Gasteiger partial charge in [-0.3, -0.25) is 4.90 Å². The first-order valence-corrected chi connectivity index (χ1v) is 7.28. The summed E-state index contributed by atoms with van der Waals surface area (Å²) in [5.74, 6) is 1.05. The standard InChI is InChI=1S/C15H23N5/c1-11-10-19(2)7-8-20(11)6-5-15-17-13-4-3-12(16)9-14(13)18-15/h3-4,9,11H,5-8,10,16H2,1-2H3,(H,17,18). The first kappa shape index (κ1) is 13.4. The Kier molecular flexibility index (Phi) is 3.63. The maximum absolute atomic E-state index is 5.79. The van der Waals surface area contributed by atoms with Crippen LogP contribution in [0.15, 0.2) is 18.2 Å². The van der Waals surface area contributed by atoms with E-state index in [2.05, 4.69) is 33.7 Å². The second-order valence-electron chi connectivity index (χ2n) is 5.86. The Morgan fingerprint density at radius 1 is 1.40 bits per heavy atom. The maximum Gasteiger partial charge on any atom is 0.108 e. The van der Waals surface area contributed by atoms with Gasteiger partial charge in [-0.05, 0) is 32.2 Å². The zero-order valence-electron chi connectivity index (χ0n) is 12.3. The summed E-state index contributed by atoms with van der Waals surface area (Å²) in [5.41, 5.74) is 8.61. The maximum atomic E-state index is 5.79. The SMILES string of the molecule is CC1CN(C)CCN1CCc1nc2ccc(N)cc2[nH]1. The van der Waals surface area contributed by atoms with Crippen molar-refractivity contribution in [2.45, 2.75) is 19.4 Å². The lowest BCUT2D eigenvalue weighted by molar-refractivity contribution is 0.101. The zero-order chi connectivity index (χ0) is 14.1. The van der Waals surface area contributed by atoms with Crippen molar-refractivity contribution in [2.24, 2.45) is 0 Å². The van der Waals surface area contributed by atoms with Crippen LogP contribution in [0.3, 0.4) is 0 Å². The average Bonchev–Trinajstić information content (AvgIpc) is 2.79. The molecule has 2 aromatic rings. The quantitative estimate of drug-likeness (QED) is 0.828. The van der Waals surface area contributed by atoms with Gasteiger partial charge in [0.25, 0.3) is 0 Å². The van der Waals surface area contributed by atoms with E-state index in [0.29, 0.717) is 6.04 Å². The summed E-state index contributed by atoms with van der Waals surface area (Å²) in [4.78, 5) is 12.9. The Morgan fingerprint density at radius 2 is 2.25 bits per heavy atom. The molecule has 3 rings (SSSR count). The fourth-order valence-corrected chi connectivity index (χ4v) is 2.96. The molecule has 3 N–H and O–H groups in total. The summed E-state index contributed by atoms with van der Waals surface area (Å²) in [6.07, 6.45) is 0.961. The van der Waals surface area contributed by atoms with Gasteiger partial charge in [0, 0.05) is 44.3 Å². The molecule has 1 fully saturated rings. The minimum Gasteiger partial charge on any atom is -0.399 e. The number of hydrogen-bond donors (Lipinski definition) is 2. The lowest BCUT2D eigenvalue weighted by Gasteiger charge is -2.38. The second kappa shape index (κ2) is 5.42. The van der Waals surface area contributed by atoms with Crippen LogP contribution in [0.1, 0.15) is 12.7 Å². The Hall–Kier alpha value is -1.59. The normalized spacial score (nSPS) is 21.6. The average molecular weight is 273 g/mol. The van der Waals surface area contributed by atoms with Crippen LogP contribution >= 0.6 is 0 Å². The van der Waals surface area contributed by atoms with Gasteiger partial charge in [-0.2, -0.15) is 0 Å². The van der Waals surface area contributed by atoms with Crippen molar-refractivity contribution >= 4 is 16.7 Å². The van der Waals surface area contributed by atoms with Gasteiger partial charge in [-0.25, -0.2) is 4.98 Å². The van der Waals surface area contributed by atoms with E-state index in [1.165, 1.54) is 0 Å². The van der Waals surface area contributed by atoms with Gasteiger partial charge in [0.1, 0.15) is 5.82 Å². The number of benzene rings is 1. The van der Waals surface area contributed by atoms with Gasteiger partial charge < -0.3 is 15.6 Å². The van der Waals surface area contributed by atoms with E-state index >= 15 is 0 Å². The minimum absolute atomic E-state index is 0.619. The number of aromatic amines is 1. The van der Waals surface area contributed by atoms with E-state index in [-0.39, 0.29) is 0 Å². The molecule has 5 heteroatoms. The molecule has 1 aromatic heterocycles.